The van der Waals surface area contributed by atoms with Crippen molar-refractivity contribution in [1.29, 1.82) is 0 Å². The summed E-state index contributed by atoms with van der Waals surface area (Å²) < 4.78 is 0. The van der Waals surface area contributed by atoms with Crippen LogP contribution in [-0.4, -0.2) is 54.5 Å². The molecule has 1 aliphatic heterocycles. The Balaban J connectivity index is 0.00000289. The lowest BCUT2D eigenvalue weighted by Crippen LogP contribution is -2.54. The minimum absolute atomic E-state index is 0. The Morgan fingerprint density at radius 2 is 2.06 bits per heavy atom. The smallest absolute Gasteiger partial charge is 0.236 e. The lowest BCUT2D eigenvalue weighted by molar-refractivity contribution is -0.133. The molecule has 0 aromatic heterocycles. The van der Waals surface area contributed by atoms with Crippen LogP contribution in [0.3, 0.4) is 0 Å². The summed E-state index contributed by atoms with van der Waals surface area (Å²) in [5.41, 5.74) is 6.20. The van der Waals surface area contributed by atoms with Crippen LogP contribution in [0.15, 0.2) is 0 Å². The maximum Gasteiger partial charge on any atom is 0.236 e. The highest BCUT2D eigenvalue weighted by Gasteiger charge is 2.34. The molecular weight excluding hydrogens is 250 g/mol. The fraction of sp³-hybridized carbons (Fsp3) is 0.923. The van der Waals surface area contributed by atoms with Gasteiger partial charge in [-0.3, -0.25) is 9.69 Å². The third-order valence-electron chi connectivity index (χ3n) is 3.92. The Morgan fingerprint density at radius 3 is 2.50 bits per heavy atom. The van der Waals surface area contributed by atoms with Crippen molar-refractivity contribution in [3.63, 3.8) is 0 Å². The van der Waals surface area contributed by atoms with Gasteiger partial charge >= 0.3 is 0 Å². The lowest BCUT2D eigenvalue weighted by atomic mass is 9.80. The molecule has 4 nitrogen and oxygen atoms in total. The second-order valence-corrected chi connectivity index (χ2v) is 6.19. The number of amides is 1. The van der Waals surface area contributed by atoms with E-state index in [1.165, 1.54) is 0 Å². The highest BCUT2D eigenvalue weighted by atomic mass is 35.5. The predicted molar refractivity (Wildman–Crippen MR) is 78.0 cm³/mol. The van der Waals surface area contributed by atoms with E-state index in [1.54, 1.807) is 0 Å². The standard InChI is InChI=1S/C13H27N3O.ClH/c1-10(2)15(5)12(17)8-16-7-6-11(14)13(3,4)9-16;/h10-11H,6-9,14H2,1-5H3;1H. The number of piperidine rings is 1. The Hall–Kier alpha value is -0.320. The van der Waals surface area contributed by atoms with Gasteiger partial charge in [0.25, 0.3) is 0 Å². The van der Waals surface area contributed by atoms with Gasteiger partial charge in [-0.15, -0.1) is 12.4 Å². The van der Waals surface area contributed by atoms with E-state index >= 15 is 0 Å². The second kappa shape index (κ2) is 6.73. The van der Waals surface area contributed by atoms with E-state index < -0.39 is 0 Å². The van der Waals surface area contributed by atoms with E-state index in [2.05, 4.69) is 18.7 Å². The number of rotatable bonds is 3. The van der Waals surface area contributed by atoms with Gasteiger partial charge in [0, 0.05) is 32.2 Å². The van der Waals surface area contributed by atoms with Crippen LogP contribution in [-0.2, 0) is 4.79 Å². The largest absolute Gasteiger partial charge is 0.342 e. The molecule has 1 fully saturated rings. The molecule has 0 aromatic rings. The average molecular weight is 278 g/mol. The normalized spacial score (nSPS) is 23.6. The highest BCUT2D eigenvalue weighted by Crippen LogP contribution is 2.27. The van der Waals surface area contributed by atoms with Crippen LogP contribution in [0.1, 0.15) is 34.1 Å². The molecule has 5 heteroatoms. The third-order valence-corrected chi connectivity index (χ3v) is 3.92. The fourth-order valence-corrected chi connectivity index (χ4v) is 2.21. The monoisotopic (exact) mass is 277 g/mol. The number of carbonyl (C=O) groups is 1. The van der Waals surface area contributed by atoms with Gasteiger partial charge in [0.05, 0.1) is 6.54 Å². The van der Waals surface area contributed by atoms with E-state index in [4.69, 9.17) is 5.73 Å². The Kier molecular flexibility index (Phi) is 6.61. The number of nitrogens with zero attached hydrogens (tertiary/aromatic N) is 2. The van der Waals surface area contributed by atoms with Crippen LogP contribution in [0.2, 0.25) is 0 Å². The van der Waals surface area contributed by atoms with Crippen molar-refractivity contribution < 1.29 is 4.79 Å². The minimum Gasteiger partial charge on any atom is -0.342 e. The molecule has 2 N–H and O–H groups in total. The minimum atomic E-state index is 0. The zero-order valence-electron chi connectivity index (χ0n) is 12.3. The number of hydrogen-bond donors (Lipinski definition) is 1. The van der Waals surface area contributed by atoms with Crippen molar-refractivity contribution in [2.24, 2.45) is 11.1 Å². The van der Waals surface area contributed by atoms with E-state index in [9.17, 15) is 4.79 Å². The molecule has 0 saturated carbocycles. The molecule has 0 radical (unpaired) electrons. The molecule has 1 unspecified atom stereocenters. The van der Waals surface area contributed by atoms with Crippen LogP contribution in [0.25, 0.3) is 0 Å². The van der Waals surface area contributed by atoms with Gasteiger partial charge < -0.3 is 10.6 Å². The first kappa shape index (κ1) is 17.7. The van der Waals surface area contributed by atoms with E-state index in [1.807, 2.05) is 25.8 Å². The van der Waals surface area contributed by atoms with Gasteiger partial charge in [-0.05, 0) is 25.7 Å². The van der Waals surface area contributed by atoms with Gasteiger partial charge in [0.1, 0.15) is 0 Å². The summed E-state index contributed by atoms with van der Waals surface area (Å²) in [7, 11) is 1.87. The number of nitrogens with two attached hydrogens (primary N) is 1. The van der Waals surface area contributed by atoms with Crippen LogP contribution in [0, 0.1) is 5.41 Å². The predicted octanol–water partition coefficient (Wildman–Crippen LogP) is 1.33. The molecule has 1 aliphatic rings. The molecule has 0 aromatic carbocycles. The number of halogens is 1. The molecule has 0 aliphatic carbocycles. The van der Waals surface area contributed by atoms with Crippen LogP contribution >= 0.6 is 12.4 Å². The molecule has 1 amide bonds. The number of likely N-dealkylation sites (N-methyl/N-ethyl adjacent to an activating group) is 1. The molecule has 1 rings (SSSR count). The highest BCUT2D eigenvalue weighted by molar-refractivity contribution is 5.85. The Morgan fingerprint density at radius 1 is 1.50 bits per heavy atom. The summed E-state index contributed by atoms with van der Waals surface area (Å²) in [5.74, 6) is 0.200. The maximum absolute atomic E-state index is 12.0. The molecule has 1 saturated heterocycles. The summed E-state index contributed by atoms with van der Waals surface area (Å²) in [6.07, 6.45) is 0.978. The van der Waals surface area contributed by atoms with Gasteiger partial charge in [0.2, 0.25) is 5.91 Å². The second-order valence-electron chi connectivity index (χ2n) is 6.19. The quantitative estimate of drug-likeness (QED) is 0.847. The van der Waals surface area contributed by atoms with Crippen molar-refractivity contribution in [1.82, 2.24) is 9.80 Å². The summed E-state index contributed by atoms with van der Waals surface area (Å²) in [6.45, 7) is 10.8. The fourth-order valence-electron chi connectivity index (χ4n) is 2.21. The van der Waals surface area contributed by atoms with E-state index in [0.717, 1.165) is 19.5 Å². The Bertz CT molecular complexity index is 281. The summed E-state index contributed by atoms with van der Waals surface area (Å²) in [4.78, 5) is 16.0. The molecule has 1 heterocycles. The van der Waals surface area contributed by atoms with Crippen LogP contribution < -0.4 is 5.73 Å². The SMILES string of the molecule is CC(C)N(C)C(=O)CN1CCC(N)C(C)(C)C1.Cl. The van der Waals surface area contributed by atoms with Crippen LogP contribution in [0.5, 0.6) is 0 Å². The van der Waals surface area contributed by atoms with Gasteiger partial charge in [-0.25, -0.2) is 0 Å². The summed E-state index contributed by atoms with van der Waals surface area (Å²) in [5, 5.41) is 0. The van der Waals surface area contributed by atoms with E-state index in [0.29, 0.717) is 6.54 Å². The molecule has 18 heavy (non-hydrogen) atoms. The van der Waals surface area contributed by atoms with Crippen LogP contribution in [0.4, 0.5) is 0 Å². The first-order valence-electron chi connectivity index (χ1n) is 6.47. The molecule has 0 bridgehead atoms. The van der Waals surface area contributed by atoms with Gasteiger partial charge in [0.15, 0.2) is 0 Å². The first-order chi connectivity index (χ1) is 7.74. The summed E-state index contributed by atoms with van der Waals surface area (Å²) in [6, 6.07) is 0.513. The topological polar surface area (TPSA) is 49.6 Å². The average Bonchev–Trinajstić information content (AvgIpc) is 2.21. The number of carbonyl (C=O) groups excluding carboxylic acids is 1. The lowest BCUT2D eigenvalue weighted by Gasteiger charge is -2.42. The van der Waals surface area contributed by atoms with Crippen molar-refractivity contribution >= 4 is 18.3 Å². The van der Waals surface area contributed by atoms with Crippen molar-refractivity contribution in [3.05, 3.63) is 0 Å². The van der Waals surface area contributed by atoms with Gasteiger partial charge in [-0.2, -0.15) is 0 Å². The zero-order chi connectivity index (χ0) is 13.2. The maximum atomic E-state index is 12.0. The Labute approximate surface area is 117 Å². The zero-order valence-corrected chi connectivity index (χ0v) is 13.1. The molecule has 108 valence electrons. The number of likely N-dealkylation sites (tertiary alicyclic amines) is 1. The number of hydrogen-bond acceptors (Lipinski definition) is 3. The van der Waals surface area contributed by atoms with E-state index in [-0.39, 0.29) is 35.8 Å². The van der Waals surface area contributed by atoms with Gasteiger partial charge in [-0.1, -0.05) is 13.8 Å². The first-order valence-corrected chi connectivity index (χ1v) is 6.47. The molecular formula is C13H28ClN3O. The van der Waals surface area contributed by atoms with Crippen molar-refractivity contribution in [2.45, 2.75) is 46.2 Å². The molecule has 0 spiro atoms. The van der Waals surface area contributed by atoms with Crippen molar-refractivity contribution in [3.8, 4) is 0 Å². The summed E-state index contributed by atoms with van der Waals surface area (Å²) >= 11 is 0. The molecule has 1 atom stereocenters. The van der Waals surface area contributed by atoms with Crippen molar-refractivity contribution in [2.75, 3.05) is 26.7 Å². The third kappa shape index (κ3) is 4.41.